The van der Waals surface area contributed by atoms with Crippen molar-refractivity contribution in [2.24, 2.45) is 0 Å². The first-order valence-electron chi connectivity index (χ1n) is 8.64. The van der Waals surface area contributed by atoms with E-state index in [2.05, 4.69) is 5.32 Å². The van der Waals surface area contributed by atoms with Crippen LogP contribution in [0.5, 0.6) is 0 Å². The minimum Gasteiger partial charge on any atom is -0.363 e. The summed E-state index contributed by atoms with van der Waals surface area (Å²) in [7, 11) is 0. The highest BCUT2D eigenvalue weighted by Crippen LogP contribution is 2.30. The number of carbonyl (C=O) groups excluding carboxylic acids is 1. The van der Waals surface area contributed by atoms with Crippen LogP contribution < -0.4 is 10.2 Å². The van der Waals surface area contributed by atoms with Gasteiger partial charge in [-0.3, -0.25) is 10.1 Å². The van der Waals surface area contributed by atoms with Crippen LogP contribution in [-0.4, -0.2) is 42.1 Å². The van der Waals surface area contributed by atoms with Crippen molar-refractivity contribution in [3.63, 3.8) is 0 Å². The van der Waals surface area contributed by atoms with E-state index in [1.54, 1.807) is 36.1 Å². The smallest absolute Gasteiger partial charge is 0.257 e. The molecule has 3 rings (SSSR count). The van der Waals surface area contributed by atoms with E-state index < -0.39 is 40.7 Å². The molecular formula is C19H16F5N3OS. The summed E-state index contributed by atoms with van der Waals surface area (Å²) in [5.74, 6) is -10.3. The van der Waals surface area contributed by atoms with E-state index in [4.69, 9.17) is 12.2 Å². The van der Waals surface area contributed by atoms with E-state index >= 15 is 0 Å². The van der Waals surface area contributed by atoms with Gasteiger partial charge in [0.1, 0.15) is 5.69 Å². The number of hydrogen-bond donors (Lipinski definition) is 1. The van der Waals surface area contributed by atoms with Gasteiger partial charge in [-0.25, -0.2) is 22.0 Å². The SMILES string of the molecule is Cc1ccccc1C(=O)NC(=S)N1CCN(c2c(F)c(F)c(F)c(F)c2F)CC1. The molecule has 4 nitrogen and oxygen atoms in total. The molecule has 10 heteroatoms. The summed E-state index contributed by atoms with van der Waals surface area (Å²) in [5.41, 5.74) is 0.259. The van der Waals surface area contributed by atoms with Crippen LogP contribution in [0.3, 0.4) is 0 Å². The van der Waals surface area contributed by atoms with Crippen LogP contribution in [0.2, 0.25) is 0 Å². The molecule has 1 saturated heterocycles. The zero-order valence-corrected chi connectivity index (χ0v) is 16.1. The molecule has 0 radical (unpaired) electrons. The molecule has 1 heterocycles. The van der Waals surface area contributed by atoms with E-state index in [0.717, 1.165) is 10.5 Å². The summed E-state index contributed by atoms with van der Waals surface area (Å²) in [6.07, 6.45) is 0. The number of rotatable bonds is 2. The van der Waals surface area contributed by atoms with Gasteiger partial charge in [-0.15, -0.1) is 0 Å². The average molecular weight is 429 g/mol. The minimum absolute atomic E-state index is 0.0429. The van der Waals surface area contributed by atoms with Crippen LogP contribution in [0, 0.1) is 36.0 Å². The molecule has 29 heavy (non-hydrogen) atoms. The number of piperazine rings is 1. The van der Waals surface area contributed by atoms with Gasteiger partial charge in [0, 0.05) is 31.7 Å². The maximum absolute atomic E-state index is 14.0. The number of hydrogen-bond acceptors (Lipinski definition) is 3. The third kappa shape index (κ3) is 4.02. The first-order chi connectivity index (χ1) is 13.7. The second-order valence-electron chi connectivity index (χ2n) is 6.47. The lowest BCUT2D eigenvalue weighted by atomic mass is 10.1. The highest BCUT2D eigenvalue weighted by Gasteiger charge is 2.31. The number of halogens is 5. The van der Waals surface area contributed by atoms with Crippen molar-refractivity contribution in [1.29, 1.82) is 0 Å². The quantitative estimate of drug-likeness (QED) is 0.343. The molecule has 0 spiro atoms. The lowest BCUT2D eigenvalue weighted by molar-refractivity contribution is 0.0972. The number of amides is 1. The number of carbonyl (C=O) groups is 1. The standard InChI is InChI=1S/C19H16F5N3OS/c1-10-4-2-3-5-11(10)18(28)25-19(29)27-8-6-26(7-9-27)17-15(23)13(21)12(20)14(22)16(17)24/h2-5H,6-9H2,1H3,(H,25,28,29). The van der Waals surface area contributed by atoms with E-state index in [1.807, 2.05) is 0 Å². The number of nitrogens with zero attached hydrogens (tertiary/aromatic N) is 2. The maximum atomic E-state index is 14.0. The van der Waals surface area contributed by atoms with Crippen molar-refractivity contribution in [3.05, 3.63) is 64.5 Å². The molecule has 1 amide bonds. The third-order valence-corrected chi connectivity index (χ3v) is 5.04. The molecule has 2 aromatic rings. The molecule has 0 atom stereocenters. The van der Waals surface area contributed by atoms with Crippen LogP contribution in [-0.2, 0) is 0 Å². The average Bonchev–Trinajstić information content (AvgIpc) is 2.71. The van der Waals surface area contributed by atoms with Crippen molar-refractivity contribution in [1.82, 2.24) is 10.2 Å². The maximum Gasteiger partial charge on any atom is 0.257 e. The fourth-order valence-electron chi connectivity index (χ4n) is 3.08. The van der Waals surface area contributed by atoms with Gasteiger partial charge in [0.05, 0.1) is 0 Å². The second kappa shape index (κ2) is 8.32. The normalized spacial score (nSPS) is 14.1. The van der Waals surface area contributed by atoms with E-state index in [9.17, 15) is 26.7 Å². The number of nitrogens with one attached hydrogen (secondary N) is 1. The van der Waals surface area contributed by atoms with Gasteiger partial charge in [-0.05, 0) is 30.8 Å². The number of anilines is 1. The molecule has 1 aliphatic heterocycles. The van der Waals surface area contributed by atoms with Gasteiger partial charge in [0.15, 0.2) is 28.4 Å². The van der Waals surface area contributed by atoms with Gasteiger partial charge in [0.2, 0.25) is 5.82 Å². The Hall–Kier alpha value is -2.75. The molecule has 0 bridgehead atoms. The van der Waals surface area contributed by atoms with Crippen molar-refractivity contribution in [2.75, 3.05) is 31.1 Å². The van der Waals surface area contributed by atoms with Crippen molar-refractivity contribution in [2.45, 2.75) is 6.92 Å². The van der Waals surface area contributed by atoms with E-state index in [1.165, 1.54) is 0 Å². The summed E-state index contributed by atoms with van der Waals surface area (Å²) < 4.78 is 68.0. The highest BCUT2D eigenvalue weighted by molar-refractivity contribution is 7.80. The number of benzene rings is 2. The van der Waals surface area contributed by atoms with Crippen LogP contribution >= 0.6 is 12.2 Å². The Kier molecular flexibility index (Phi) is 6.02. The summed E-state index contributed by atoms with van der Waals surface area (Å²) in [6, 6.07) is 6.94. The Labute approximate surface area is 168 Å². The molecule has 1 fully saturated rings. The summed E-state index contributed by atoms with van der Waals surface area (Å²) >= 11 is 5.22. The molecule has 1 N–H and O–H groups in total. The van der Waals surface area contributed by atoms with Crippen molar-refractivity contribution in [3.8, 4) is 0 Å². The van der Waals surface area contributed by atoms with Gasteiger partial charge in [0.25, 0.3) is 5.91 Å². The lowest BCUT2D eigenvalue weighted by Gasteiger charge is -2.37. The van der Waals surface area contributed by atoms with E-state index in [-0.39, 0.29) is 31.3 Å². The Morgan fingerprint density at radius 3 is 1.97 bits per heavy atom. The summed E-state index contributed by atoms with van der Waals surface area (Å²) in [5, 5.41) is 2.71. The summed E-state index contributed by atoms with van der Waals surface area (Å²) in [4.78, 5) is 15.0. The Morgan fingerprint density at radius 2 is 1.41 bits per heavy atom. The second-order valence-corrected chi connectivity index (χ2v) is 6.85. The number of aryl methyl sites for hydroxylation is 1. The van der Waals surface area contributed by atoms with Crippen LogP contribution in [0.15, 0.2) is 24.3 Å². The first kappa shape index (κ1) is 21.0. The van der Waals surface area contributed by atoms with Gasteiger partial charge >= 0.3 is 0 Å². The highest BCUT2D eigenvalue weighted by atomic mass is 32.1. The predicted molar refractivity (Wildman–Crippen MR) is 101 cm³/mol. The fourth-order valence-corrected chi connectivity index (χ4v) is 3.35. The third-order valence-electron chi connectivity index (χ3n) is 4.68. The molecule has 1 aliphatic rings. The van der Waals surface area contributed by atoms with Crippen molar-refractivity contribution >= 4 is 28.9 Å². The Bertz CT molecular complexity index is 948. The Morgan fingerprint density at radius 1 is 0.897 bits per heavy atom. The van der Waals surface area contributed by atoms with E-state index in [0.29, 0.717) is 5.56 Å². The molecule has 0 aliphatic carbocycles. The van der Waals surface area contributed by atoms with Gasteiger partial charge in [-0.2, -0.15) is 0 Å². The first-order valence-corrected chi connectivity index (χ1v) is 9.05. The topological polar surface area (TPSA) is 35.6 Å². The minimum atomic E-state index is -2.19. The summed E-state index contributed by atoms with van der Waals surface area (Å²) in [6.45, 7) is 1.96. The van der Waals surface area contributed by atoms with Crippen LogP contribution in [0.4, 0.5) is 27.6 Å². The van der Waals surface area contributed by atoms with Crippen molar-refractivity contribution < 1.29 is 26.7 Å². The molecule has 0 saturated carbocycles. The monoisotopic (exact) mass is 429 g/mol. The largest absolute Gasteiger partial charge is 0.363 e. The molecule has 0 aromatic heterocycles. The van der Waals surface area contributed by atoms with Crippen LogP contribution in [0.25, 0.3) is 0 Å². The molecule has 0 unspecified atom stereocenters. The molecule has 2 aromatic carbocycles. The van der Waals surface area contributed by atoms with Gasteiger partial charge in [-0.1, -0.05) is 18.2 Å². The predicted octanol–water partition coefficient (Wildman–Crippen LogP) is 3.53. The zero-order chi connectivity index (χ0) is 21.3. The van der Waals surface area contributed by atoms with Gasteiger partial charge < -0.3 is 9.80 Å². The lowest BCUT2D eigenvalue weighted by Crippen LogP contribution is -2.53. The number of thiocarbonyl (C=S) groups is 1. The van der Waals surface area contributed by atoms with Crippen LogP contribution in [0.1, 0.15) is 15.9 Å². The Balaban J connectivity index is 1.68. The molecule has 154 valence electrons. The fraction of sp³-hybridized carbons (Fsp3) is 0.263. The molecular weight excluding hydrogens is 413 g/mol. The zero-order valence-electron chi connectivity index (χ0n) is 15.2.